The van der Waals surface area contributed by atoms with Crippen molar-refractivity contribution in [1.82, 2.24) is 0 Å². The number of carbonyl (C=O) groups is 2. The van der Waals surface area contributed by atoms with Gasteiger partial charge in [0.25, 0.3) is 5.91 Å². The Kier molecular flexibility index (Phi) is 7.08. The van der Waals surface area contributed by atoms with Crippen LogP contribution in [-0.2, 0) is 9.53 Å². The number of benzene rings is 1. The van der Waals surface area contributed by atoms with Gasteiger partial charge in [-0.25, -0.2) is 4.39 Å². The summed E-state index contributed by atoms with van der Waals surface area (Å²) in [6, 6.07) is 3.18. The zero-order valence-electron chi connectivity index (χ0n) is 18.4. The number of anilines is 1. The second-order valence-electron chi connectivity index (χ2n) is 8.11. The Morgan fingerprint density at radius 3 is 2.44 bits per heavy atom. The third-order valence-corrected chi connectivity index (χ3v) is 6.03. The van der Waals surface area contributed by atoms with Crippen molar-refractivity contribution in [1.29, 1.82) is 0 Å². The highest BCUT2D eigenvalue weighted by Gasteiger charge is 2.66. The minimum absolute atomic E-state index is 0.205. The molecular weight excluding hydrogens is 507 g/mol. The number of hydrogen-bond acceptors (Lipinski definition) is 5. The molecular formula is C21H19F7N3O5+. The van der Waals surface area contributed by atoms with Crippen molar-refractivity contribution in [3.8, 4) is 5.75 Å². The molecule has 2 amide bonds. The number of alkyl halides is 5. The highest BCUT2D eigenvalue weighted by Crippen LogP contribution is 2.55. The number of halogens is 7. The van der Waals surface area contributed by atoms with E-state index in [4.69, 9.17) is 10.5 Å². The van der Waals surface area contributed by atoms with E-state index in [2.05, 4.69) is 10.1 Å². The number of primary amides is 1. The molecule has 1 aliphatic heterocycles. The summed E-state index contributed by atoms with van der Waals surface area (Å²) in [6.45, 7) is -2.05. The molecule has 0 aliphatic carbocycles. The minimum atomic E-state index is -5.07. The fourth-order valence-electron chi connectivity index (χ4n) is 4.01. The van der Waals surface area contributed by atoms with Crippen LogP contribution in [0.25, 0.3) is 0 Å². The summed E-state index contributed by atoms with van der Waals surface area (Å²) < 4.78 is 105. The predicted molar refractivity (Wildman–Crippen MR) is 105 cm³/mol. The molecule has 0 bridgehead atoms. The Morgan fingerprint density at radius 2 is 1.89 bits per heavy atom. The van der Waals surface area contributed by atoms with Gasteiger partial charge in [0, 0.05) is 34.3 Å². The quantitative estimate of drug-likeness (QED) is 0.304. The van der Waals surface area contributed by atoms with Crippen molar-refractivity contribution >= 4 is 17.5 Å². The Balaban J connectivity index is 2.11. The number of nitrogens with one attached hydrogen (secondary N) is 1. The number of ether oxygens (including phenoxy) is 2. The molecule has 3 rings (SSSR count). The first-order chi connectivity index (χ1) is 16.6. The van der Waals surface area contributed by atoms with Gasteiger partial charge in [-0.2, -0.15) is 26.3 Å². The lowest BCUT2D eigenvalue weighted by Gasteiger charge is -2.32. The van der Waals surface area contributed by atoms with Crippen LogP contribution in [0.3, 0.4) is 0 Å². The number of carbonyl (C=O) groups excluding carboxylic acids is 2. The number of rotatable bonds is 6. The van der Waals surface area contributed by atoms with Crippen LogP contribution in [0.2, 0.25) is 0 Å². The molecule has 2 heterocycles. The maximum absolute atomic E-state index is 14.4. The van der Waals surface area contributed by atoms with Crippen LogP contribution in [0.4, 0.5) is 36.4 Å². The first kappa shape index (κ1) is 27.0. The van der Waals surface area contributed by atoms with Crippen LogP contribution < -0.4 is 20.5 Å². The molecule has 0 spiro atoms. The molecule has 4 N–H and O–H groups in total. The molecule has 196 valence electrons. The van der Waals surface area contributed by atoms with Crippen molar-refractivity contribution in [2.45, 2.75) is 44.3 Å². The van der Waals surface area contributed by atoms with E-state index in [0.717, 1.165) is 31.3 Å². The summed E-state index contributed by atoms with van der Waals surface area (Å²) in [6.07, 6.45) is -6.25. The standard InChI is InChI=1S/C21H18F7N3O5/c1-8-13(10-3-4-11(22)14(23)15(10)35-19(24)25)16(36-20(8,2)21(26,27)28)18(33)30-9-5-6-31(34)12(7-9)17(29)32/h3-8,13,16,19,34H,1-2H3,(H2,29,32)/p+1/t8-,13-,16-,20-/m0/s1. The van der Waals surface area contributed by atoms with Gasteiger partial charge in [-0.05, 0) is 13.0 Å². The van der Waals surface area contributed by atoms with Crippen molar-refractivity contribution < 1.29 is 59.7 Å². The topological polar surface area (TPSA) is 115 Å². The molecule has 0 unspecified atom stereocenters. The average molecular weight is 526 g/mol. The highest BCUT2D eigenvalue weighted by atomic mass is 19.4. The van der Waals surface area contributed by atoms with Gasteiger partial charge in [-0.1, -0.05) is 13.0 Å². The molecule has 36 heavy (non-hydrogen) atoms. The summed E-state index contributed by atoms with van der Waals surface area (Å²) in [7, 11) is 0. The summed E-state index contributed by atoms with van der Waals surface area (Å²) >= 11 is 0. The molecule has 1 saturated heterocycles. The van der Waals surface area contributed by atoms with Gasteiger partial charge in [-0.15, -0.1) is 0 Å². The third kappa shape index (κ3) is 4.74. The van der Waals surface area contributed by atoms with Crippen molar-refractivity contribution in [2.75, 3.05) is 5.32 Å². The monoisotopic (exact) mass is 526 g/mol. The first-order valence-corrected chi connectivity index (χ1v) is 10.1. The summed E-state index contributed by atoms with van der Waals surface area (Å²) in [5, 5.41) is 11.8. The fraction of sp³-hybridized carbons (Fsp3) is 0.381. The van der Waals surface area contributed by atoms with E-state index in [1.807, 2.05) is 0 Å². The van der Waals surface area contributed by atoms with Gasteiger partial charge in [-0.3, -0.25) is 14.8 Å². The third-order valence-electron chi connectivity index (χ3n) is 6.03. The maximum Gasteiger partial charge on any atom is 0.417 e. The summed E-state index contributed by atoms with van der Waals surface area (Å²) in [5.74, 6) is -10.7. The van der Waals surface area contributed by atoms with Gasteiger partial charge in [0.05, 0.1) is 5.69 Å². The smallest absolute Gasteiger partial charge is 0.417 e. The van der Waals surface area contributed by atoms with Crippen LogP contribution in [-0.4, -0.2) is 41.5 Å². The summed E-state index contributed by atoms with van der Waals surface area (Å²) in [5.41, 5.74) is 0.713. The maximum atomic E-state index is 14.4. The lowest BCUT2D eigenvalue weighted by molar-refractivity contribution is -0.905. The number of aromatic nitrogens is 1. The number of pyridine rings is 1. The van der Waals surface area contributed by atoms with E-state index in [0.29, 0.717) is 17.7 Å². The van der Waals surface area contributed by atoms with Crippen molar-refractivity contribution in [3.63, 3.8) is 0 Å². The van der Waals surface area contributed by atoms with E-state index in [9.17, 15) is 45.5 Å². The molecule has 2 aromatic rings. The normalized spacial score (nSPS) is 24.1. The van der Waals surface area contributed by atoms with E-state index in [1.165, 1.54) is 0 Å². The number of amides is 2. The molecule has 1 fully saturated rings. The molecule has 15 heteroatoms. The number of hydrogen-bond donors (Lipinski definition) is 3. The van der Waals surface area contributed by atoms with Gasteiger partial charge in [0.2, 0.25) is 12.0 Å². The fourth-order valence-corrected chi connectivity index (χ4v) is 4.01. The van der Waals surface area contributed by atoms with Gasteiger partial charge < -0.3 is 20.5 Å². The predicted octanol–water partition coefficient (Wildman–Crippen LogP) is 3.27. The molecule has 0 radical (unpaired) electrons. The Labute approximate surface area is 198 Å². The lowest BCUT2D eigenvalue weighted by Crippen LogP contribution is -2.47. The zero-order chi connectivity index (χ0) is 27.2. The average Bonchev–Trinajstić information content (AvgIpc) is 3.04. The Bertz CT molecular complexity index is 1190. The SMILES string of the molecule is C[C@H]1[C@@H](c2ccc(F)c(F)c2OC(F)F)[C@@H](C(=O)Nc2cc[n+](O)c(C(N)=O)c2)O[C@]1(C)C(F)(F)F. The van der Waals surface area contributed by atoms with Crippen LogP contribution in [0.5, 0.6) is 5.75 Å². The van der Waals surface area contributed by atoms with Crippen LogP contribution in [0.15, 0.2) is 30.5 Å². The minimum Gasteiger partial charge on any atom is -0.431 e. The second-order valence-corrected chi connectivity index (χ2v) is 8.11. The van der Waals surface area contributed by atoms with Crippen LogP contribution in [0.1, 0.15) is 35.8 Å². The van der Waals surface area contributed by atoms with E-state index >= 15 is 0 Å². The molecule has 1 aromatic carbocycles. The molecule has 1 aromatic heterocycles. The van der Waals surface area contributed by atoms with Crippen LogP contribution in [0, 0.1) is 17.6 Å². The van der Waals surface area contributed by atoms with Gasteiger partial charge in [0.1, 0.15) is 6.10 Å². The number of nitrogens with two attached hydrogens (primary N) is 1. The van der Waals surface area contributed by atoms with Gasteiger partial charge >= 0.3 is 24.4 Å². The second kappa shape index (κ2) is 9.44. The lowest BCUT2D eigenvalue weighted by atomic mass is 9.77. The van der Waals surface area contributed by atoms with E-state index in [1.54, 1.807) is 0 Å². The molecule has 4 atom stereocenters. The van der Waals surface area contributed by atoms with Crippen molar-refractivity contribution in [3.05, 3.63) is 53.4 Å². The number of nitrogens with zero attached hydrogens (tertiary/aromatic N) is 1. The Hall–Kier alpha value is -3.62. The van der Waals surface area contributed by atoms with E-state index < -0.39 is 76.8 Å². The van der Waals surface area contributed by atoms with Crippen molar-refractivity contribution in [2.24, 2.45) is 11.7 Å². The van der Waals surface area contributed by atoms with E-state index in [-0.39, 0.29) is 5.69 Å². The molecule has 0 saturated carbocycles. The largest absolute Gasteiger partial charge is 0.431 e. The highest BCUT2D eigenvalue weighted by molar-refractivity contribution is 5.97. The summed E-state index contributed by atoms with van der Waals surface area (Å²) in [4.78, 5) is 24.5. The van der Waals surface area contributed by atoms with Crippen LogP contribution >= 0.6 is 0 Å². The zero-order valence-corrected chi connectivity index (χ0v) is 18.4. The first-order valence-electron chi connectivity index (χ1n) is 10.1. The molecule has 1 aliphatic rings. The Morgan fingerprint density at radius 1 is 1.25 bits per heavy atom. The van der Waals surface area contributed by atoms with Gasteiger partial charge in [0.15, 0.2) is 17.2 Å². The molecule has 8 nitrogen and oxygen atoms in total.